The first-order valence-electron chi connectivity index (χ1n) is 6.07. The highest BCUT2D eigenvalue weighted by atomic mass is 16.1. The minimum Gasteiger partial charge on any atom is -0.376 e. The number of anilines is 1. The Morgan fingerprint density at radius 1 is 0.900 bits per heavy atom. The molecule has 2 aromatic rings. The molecule has 0 radical (unpaired) electrons. The molecule has 0 saturated heterocycles. The fourth-order valence-electron chi connectivity index (χ4n) is 1.69. The standard InChI is InChI=1S/C15H14N4O/c1-19(2)15-6-4-3-5-14(15)18-17-13-9-7-12(8-10-13)16-11-20/h3-10H,1-2H3/b18-17+. The van der Waals surface area contributed by atoms with Crippen molar-refractivity contribution in [2.45, 2.75) is 0 Å². The van der Waals surface area contributed by atoms with E-state index in [2.05, 4.69) is 15.2 Å². The molecule has 0 atom stereocenters. The minimum atomic E-state index is 0.549. The molecule has 5 heteroatoms. The number of benzene rings is 2. The average molecular weight is 266 g/mol. The van der Waals surface area contributed by atoms with Crippen LogP contribution in [0.25, 0.3) is 0 Å². The fraction of sp³-hybridized carbons (Fsp3) is 0.133. The lowest BCUT2D eigenvalue weighted by atomic mass is 10.2. The van der Waals surface area contributed by atoms with Gasteiger partial charge in [0.1, 0.15) is 5.69 Å². The molecule has 100 valence electrons. The third kappa shape index (κ3) is 3.37. The molecule has 0 N–H and O–H groups in total. The molecule has 0 amide bonds. The van der Waals surface area contributed by atoms with E-state index in [9.17, 15) is 4.79 Å². The fourth-order valence-corrected chi connectivity index (χ4v) is 1.69. The van der Waals surface area contributed by atoms with Crippen LogP contribution in [0.1, 0.15) is 0 Å². The lowest BCUT2D eigenvalue weighted by Gasteiger charge is -2.13. The second kappa shape index (κ2) is 6.41. The van der Waals surface area contributed by atoms with Crippen molar-refractivity contribution in [3.63, 3.8) is 0 Å². The Bertz CT molecular complexity index is 656. The van der Waals surface area contributed by atoms with Crippen molar-refractivity contribution in [2.75, 3.05) is 19.0 Å². The van der Waals surface area contributed by atoms with Crippen molar-refractivity contribution in [3.05, 3.63) is 48.5 Å². The summed E-state index contributed by atoms with van der Waals surface area (Å²) < 4.78 is 0. The lowest BCUT2D eigenvalue weighted by Crippen LogP contribution is -2.08. The van der Waals surface area contributed by atoms with Crippen LogP contribution in [-0.2, 0) is 4.79 Å². The summed E-state index contributed by atoms with van der Waals surface area (Å²) in [4.78, 5) is 15.6. The maximum absolute atomic E-state index is 10.1. The third-order valence-electron chi connectivity index (χ3n) is 2.66. The van der Waals surface area contributed by atoms with Gasteiger partial charge in [0.15, 0.2) is 0 Å². The van der Waals surface area contributed by atoms with Gasteiger partial charge in [-0.25, -0.2) is 4.79 Å². The average Bonchev–Trinajstić information content (AvgIpc) is 2.47. The van der Waals surface area contributed by atoms with E-state index in [-0.39, 0.29) is 0 Å². The number of hydrogen-bond donors (Lipinski definition) is 0. The van der Waals surface area contributed by atoms with Crippen LogP contribution < -0.4 is 4.90 Å². The Hall–Kier alpha value is -2.78. The summed E-state index contributed by atoms with van der Waals surface area (Å²) in [5.74, 6) is 0. The van der Waals surface area contributed by atoms with Crippen LogP contribution in [0.3, 0.4) is 0 Å². The number of azo groups is 1. The van der Waals surface area contributed by atoms with Crippen molar-refractivity contribution in [3.8, 4) is 0 Å². The first kappa shape index (κ1) is 13.6. The molecular formula is C15H14N4O. The first-order valence-corrected chi connectivity index (χ1v) is 6.07. The summed E-state index contributed by atoms with van der Waals surface area (Å²) in [7, 11) is 3.92. The van der Waals surface area contributed by atoms with Gasteiger partial charge >= 0.3 is 0 Å². The number of rotatable bonds is 4. The Morgan fingerprint density at radius 2 is 1.55 bits per heavy atom. The molecule has 0 aliphatic rings. The van der Waals surface area contributed by atoms with Gasteiger partial charge in [-0.05, 0) is 36.4 Å². The summed E-state index contributed by atoms with van der Waals surface area (Å²) >= 11 is 0. The number of para-hydroxylation sites is 1. The molecule has 20 heavy (non-hydrogen) atoms. The molecule has 0 aliphatic heterocycles. The van der Waals surface area contributed by atoms with E-state index in [1.807, 2.05) is 43.3 Å². The van der Waals surface area contributed by atoms with Gasteiger partial charge in [0, 0.05) is 14.1 Å². The Balaban J connectivity index is 2.23. The topological polar surface area (TPSA) is 57.4 Å². The summed E-state index contributed by atoms with van der Waals surface area (Å²) in [6.07, 6.45) is 1.50. The van der Waals surface area contributed by atoms with Crippen LogP contribution in [0.5, 0.6) is 0 Å². The highest BCUT2D eigenvalue weighted by Crippen LogP contribution is 2.28. The van der Waals surface area contributed by atoms with Gasteiger partial charge in [0.05, 0.1) is 17.1 Å². The second-order valence-corrected chi connectivity index (χ2v) is 4.30. The minimum absolute atomic E-state index is 0.549. The van der Waals surface area contributed by atoms with Gasteiger partial charge in [-0.2, -0.15) is 10.1 Å². The summed E-state index contributed by atoms with van der Waals surface area (Å²) in [6, 6.07) is 14.6. The quantitative estimate of drug-likeness (QED) is 0.474. The molecule has 0 saturated carbocycles. The smallest absolute Gasteiger partial charge is 0.240 e. The summed E-state index contributed by atoms with van der Waals surface area (Å²) in [5.41, 5.74) is 3.04. The number of aliphatic imine (C=N–C) groups is 1. The first-order chi connectivity index (χ1) is 9.70. The largest absolute Gasteiger partial charge is 0.376 e. The Labute approximate surface area is 117 Å². The van der Waals surface area contributed by atoms with E-state index in [1.165, 1.54) is 6.08 Å². The Kier molecular flexibility index (Phi) is 4.37. The van der Waals surface area contributed by atoms with Crippen LogP contribution in [0, 0.1) is 0 Å². The van der Waals surface area contributed by atoms with Crippen LogP contribution in [-0.4, -0.2) is 20.2 Å². The van der Waals surface area contributed by atoms with E-state index in [0.29, 0.717) is 11.4 Å². The van der Waals surface area contributed by atoms with E-state index < -0.39 is 0 Å². The van der Waals surface area contributed by atoms with Crippen molar-refractivity contribution >= 4 is 28.8 Å². The molecule has 0 aromatic heterocycles. The SMILES string of the molecule is CN(C)c1ccccc1/N=N/c1ccc(N=C=O)cc1. The molecule has 0 aliphatic carbocycles. The molecule has 2 rings (SSSR count). The van der Waals surface area contributed by atoms with E-state index in [4.69, 9.17) is 0 Å². The van der Waals surface area contributed by atoms with Crippen LogP contribution in [0.4, 0.5) is 22.7 Å². The zero-order valence-electron chi connectivity index (χ0n) is 11.3. The summed E-state index contributed by atoms with van der Waals surface area (Å²) in [6.45, 7) is 0. The van der Waals surface area contributed by atoms with Crippen LogP contribution >= 0.6 is 0 Å². The molecular weight excluding hydrogens is 252 g/mol. The number of nitrogens with zero attached hydrogens (tertiary/aromatic N) is 4. The molecule has 0 fully saturated rings. The van der Waals surface area contributed by atoms with Crippen molar-refractivity contribution < 1.29 is 4.79 Å². The van der Waals surface area contributed by atoms with Crippen molar-refractivity contribution in [1.82, 2.24) is 0 Å². The van der Waals surface area contributed by atoms with Gasteiger partial charge in [0.2, 0.25) is 6.08 Å². The van der Waals surface area contributed by atoms with Crippen molar-refractivity contribution in [1.29, 1.82) is 0 Å². The van der Waals surface area contributed by atoms with Crippen LogP contribution in [0.15, 0.2) is 63.8 Å². The predicted molar refractivity (Wildman–Crippen MR) is 79.2 cm³/mol. The summed E-state index contributed by atoms with van der Waals surface area (Å²) in [5, 5.41) is 8.43. The van der Waals surface area contributed by atoms with E-state index in [1.54, 1.807) is 24.3 Å². The normalized spacial score (nSPS) is 10.3. The molecule has 2 aromatic carbocycles. The zero-order valence-corrected chi connectivity index (χ0v) is 11.3. The Morgan fingerprint density at radius 3 is 2.20 bits per heavy atom. The van der Waals surface area contributed by atoms with Gasteiger partial charge in [-0.1, -0.05) is 12.1 Å². The second-order valence-electron chi connectivity index (χ2n) is 4.30. The van der Waals surface area contributed by atoms with Crippen molar-refractivity contribution in [2.24, 2.45) is 15.2 Å². The maximum atomic E-state index is 10.1. The highest BCUT2D eigenvalue weighted by molar-refractivity contribution is 5.66. The molecule has 0 bridgehead atoms. The van der Waals surface area contributed by atoms with Gasteiger partial charge in [-0.15, -0.1) is 5.11 Å². The monoisotopic (exact) mass is 266 g/mol. The molecule has 0 heterocycles. The molecule has 5 nitrogen and oxygen atoms in total. The maximum Gasteiger partial charge on any atom is 0.240 e. The number of hydrogen-bond acceptors (Lipinski definition) is 5. The number of carbonyl (C=O) groups excluding carboxylic acids is 1. The number of isocyanates is 1. The van der Waals surface area contributed by atoms with Crippen LogP contribution in [0.2, 0.25) is 0 Å². The van der Waals surface area contributed by atoms with E-state index >= 15 is 0 Å². The molecule has 0 unspecified atom stereocenters. The van der Waals surface area contributed by atoms with E-state index in [0.717, 1.165) is 11.4 Å². The molecule has 0 spiro atoms. The van der Waals surface area contributed by atoms with Gasteiger partial charge in [-0.3, -0.25) is 0 Å². The third-order valence-corrected chi connectivity index (χ3v) is 2.66. The zero-order chi connectivity index (χ0) is 14.4. The predicted octanol–water partition coefficient (Wildman–Crippen LogP) is 4.14. The highest BCUT2D eigenvalue weighted by Gasteiger charge is 2.01. The van der Waals surface area contributed by atoms with Gasteiger partial charge in [0.25, 0.3) is 0 Å². The van der Waals surface area contributed by atoms with Gasteiger partial charge < -0.3 is 4.90 Å². The lowest BCUT2D eigenvalue weighted by molar-refractivity contribution is 0.565.